The van der Waals surface area contributed by atoms with Crippen molar-refractivity contribution in [3.63, 3.8) is 0 Å². The summed E-state index contributed by atoms with van der Waals surface area (Å²) in [6, 6.07) is 5.91. The molecule has 116 valence electrons. The number of quaternary nitrogens is 1. The van der Waals surface area contributed by atoms with Crippen LogP contribution in [0.5, 0.6) is 5.75 Å². The van der Waals surface area contributed by atoms with Crippen molar-refractivity contribution < 1.29 is 14.3 Å². The predicted molar refractivity (Wildman–Crippen MR) is 84.6 cm³/mol. The fourth-order valence-electron chi connectivity index (χ4n) is 3.64. The highest BCUT2D eigenvalue weighted by atomic mass is 16.5. The number of rotatable bonds is 5. The molecule has 1 saturated heterocycles. The highest BCUT2D eigenvalue weighted by Gasteiger charge is 2.32. The Hall–Kier alpha value is -1.46. The Labute approximate surface area is 126 Å². The van der Waals surface area contributed by atoms with E-state index in [9.17, 15) is 5.11 Å². The third kappa shape index (κ3) is 3.09. The third-order valence-corrected chi connectivity index (χ3v) is 4.88. The lowest BCUT2D eigenvalue weighted by atomic mass is 10.2. The smallest absolute Gasteiger partial charge is 0.144 e. The molecule has 0 bridgehead atoms. The summed E-state index contributed by atoms with van der Waals surface area (Å²) < 4.78 is 6.78. The number of nitrogens with zero attached hydrogens (tertiary/aromatic N) is 2. The number of likely N-dealkylation sites (tertiary alicyclic amines) is 1. The molecule has 2 aliphatic heterocycles. The van der Waals surface area contributed by atoms with Crippen LogP contribution in [0.2, 0.25) is 0 Å². The number of aliphatic hydroxyl groups is 1. The fraction of sp³-hybridized carbons (Fsp3) is 0.625. The SMILES string of the molecule is Nc1ccc2c(c1)OCCN2CC[N+]1(CCO)CCCC1. The first-order chi connectivity index (χ1) is 10.2. The molecule has 21 heavy (non-hydrogen) atoms. The third-order valence-electron chi connectivity index (χ3n) is 4.88. The molecule has 1 aromatic rings. The molecule has 5 nitrogen and oxygen atoms in total. The van der Waals surface area contributed by atoms with E-state index in [1.807, 2.05) is 12.1 Å². The molecule has 0 spiro atoms. The summed E-state index contributed by atoms with van der Waals surface area (Å²) in [5.41, 5.74) is 7.73. The molecule has 1 fully saturated rings. The van der Waals surface area contributed by atoms with Gasteiger partial charge in [0.1, 0.15) is 18.9 Å². The van der Waals surface area contributed by atoms with Gasteiger partial charge in [-0.05, 0) is 12.1 Å². The van der Waals surface area contributed by atoms with Crippen LogP contribution in [0, 0.1) is 0 Å². The van der Waals surface area contributed by atoms with Gasteiger partial charge in [-0.15, -0.1) is 0 Å². The molecule has 0 aliphatic carbocycles. The molecule has 0 radical (unpaired) electrons. The number of aliphatic hydroxyl groups excluding tert-OH is 1. The van der Waals surface area contributed by atoms with E-state index in [0.717, 1.165) is 54.4 Å². The van der Waals surface area contributed by atoms with Crippen LogP contribution in [0.4, 0.5) is 11.4 Å². The lowest BCUT2D eigenvalue weighted by Crippen LogP contribution is -2.52. The molecule has 3 rings (SSSR count). The minimum Gasteiger partial charge on any atom is -0.489 e. The molecule has 0 atom stereocenters. The standard InChI is InChI=1S/C16H26N3O2/c17-14-3-4-15-16(13-14)21-12-6-18(15)5-9-19(10-11-20)7-1-2-8-19/h3-4,13,20H,1-2,5-12,17H2/q+1. The monoisotopic (exact) mass is 292 g/mol. The summed E-state index contributed by atoms with van der Waals surface area (Å²) in [5, 5.41) is 9.35. The van der Waals surface area contributed by atoms with Crippen LogP contribution >= 0.6 is 0 Å². The average molecular weight is 292 g/mol. The van der Waals surface area contributed by atoms with E-state index in [2.05, 4.69) is 11.0 Å². The first-order valence-electron chi connectivity index (χ1n) is 7.96. The van der Waals surface area contributed by atoms with Crippen LogP contribution in [0.3, 0.4) is 0 Å². The summed E-state index contributed by atoms with van der Waals surface area (Å²) in [4.78, 5) is 2.40. The van der Waals surface area contributed by atoms with Crippen molar-refractivity contribution in [1.82, 2.24) is 0 Å². The number of fused-ring (bicyclic) bond motifs is 1. The van der Waals surface area contributed by atoms with Gasteiger partial charge in [0, 0.05) is 24.6 Å². The van der Waals surface area contributed by atoms with Gasteiger partial charge in [-0.1, -0.05) is 0 Å². The number of hydrogen-bond acceptors (Lipinski definition) is 4. The van der Waals surface area contributed by atoms with Gasteiger partial charge in [-0.3, -0.25) is 0 Å². The topological polar surface area (TPSA) is 58.7 Å². The van der Waals surface area contributed by atoms with Gasteiger partial charge in [0.15, 0.2) is 0 Å². The van der Waals surface area contributed by atoms with E-state index < -0.39 is 0 Å². The van der Waals surface area contributed by atoms with Crippen molar-refractivity contribution in [3.8, 4) is 5.75 Å². The maximum atomic E-state index is 9.35. The lowest BCUT2D eigenvalue weighted by molar-refractivity contribution is -0.915. The van der Waals surface area contributed by atoms with Gasteiger partial charge >= 0.3 is 0 Å². The first-order valence-corrected chi connectivity index (χ1v) is 7.96. The predicted octanol–water partition coefficient (Wildman–Crippen LogP) is 1.07. The maximum Gasteiger partial charge on any atom is 0.144 e. The molecule has 0 amide bonds. The van der Waals surface area contributed by atoms with Crippen molar-refractivity contribution >= 4 is 11.4 Å². The number of benzene rings is 1. The fourth-order valence-corrected chi connectivity index (χ4v) is 3.64. The molecule has 2 aliphatic rings. The van der Waals surface area contributed by atoms with Crippen LogP contribution in [-0.4, -0.2) is 62.1 Å². The Balaban J connectivity index is 1.69. The molecule has 1 aromatic carbocycles. The summed E-state index contributed by atoms with van der Waals surface area (Å²) in [7, 11) is 0. The number of nitrogens with two attached hydrogens (primary N) is 1. The van der Waals surface area contributed by atoms with E-state index in [1.54, 1.807) is 0 Å². The Morgan fingerprint density at radius 1 is 1.24 bits per heavy atom. The number of nitrogen functional groups attached to an aromatic ring is 1. The second kappa shape index (κ2) is 6.12. The average Bonchev–Trinajstić information content (AvgIpc) is 2.94. The first kappa shape index (κ1) is 14.5. The van der Waals surface area contributed by atoms with Gasteiger partial charge in [0.2, 0.25) is 0 Å². The van der Waals surface area contributed by atoms with Crippen molar-refractivity contribution in [2.75, 3.05) is 63.1 Å². The number of ether oxygens (including phenoxy) is 1. The zero-order valence-electron chi connectivity index (χ0n) is 12.6. The summed E-state index contributed by atoms with van der Waals surface area (Å²) in [6.45, 7) is 7.35. The molecule has 5 heteroatoms. The van der Waals surface area contributed by atoms with Crippen LogP contribution in [0.15, 0.2) is 18.2 Å². The van der Waals surface area contributed by atoms with E-state index in [1.165, 1.54) is 25.9 Å². The minimum atomic E-state index is 0.288. The van der Waals surface area contributed by atoms with Crippen LogP contribution in [0.25, 0.3) is 0 Å². The highest BCUT2D eigenvalue weighted by Crippen LogP contribution is 2.33. The Kier molecular flexibility index (Phi) is 4.22. The second-order valence-electron chi connectivity index (χ2n) is 6.23. The maximum absolute atomic E-state index is 9.35. The van der Waals surface area contributed by atoms with Gasteiger partial charge in [-0.25, -0.2) is 0 Å². The quantitative estimate of drug-likeness (QED) is 0.629. The number of hydrogen-bond donors (Lipinski definition) is 2. The zero-order chi connectivity index (χ0) is 14.7. The van der Waals surface area contributed by atoms with Gasteiger partial charge < -0.3 is 25.0 Å². The number of anilines is 2. The summed E-state index contributed by atoms with van der Waals surface area (Å²) >= 11 is 0. The highest BCUT2D eigenvalue weighted by molar-refractivity contribution is 5.65. The lowest BCUT2D eigenvalue weighted by Gasteiger charge is -2.38. The largest absolute Gasteiger partial charge is 0.489 e. The minimum absolute atomic E-state index is 0.288. The normalized spacial score (nSPS) is 20.1. The second-order valence-corrected chi connectivity index (χ2v) is 6.23. The molecule has 0 saturated carbocycles. The summed E-state index contributed by atoms with van der Waals surface area (Å²) in [5.74, 6) is 0.899. The van der Waals surface area contributed by atoms with E-state index in [0.29, 0.717) is 0 Å². The molecule has 0 aromatic heterocycles. The van der Waals surface area contributed by atoms with Gasteiger partial charge in [0.25, 0.3) is 0 Å². The van der Waals surface area contributed by atoms with Crippen molar-refractivity contribution in [1.29, 1.82) is 0 Å². The molecular formula is C16H26N3O2+. The van der Waals surface area contributed by atoms with Gasteiger partial charge in [-0.2, -0.15) is 0 Å². The van der Waals surface area contributed by atoms with Crippen LogP contribution in [0.1, 0.15) is 12.8 Å². The zero-order valence-corrected chi connectivity index (χ0v) is 12.6. The van der Waals surface area contributed by atoms with E-state index >= 15 is 0 Å². The molecule has 0 unspecified atom stereocenters. The Bertz CT molecular complexity index is 486. The summed E-state index contributed by atoms with van der Waals surface area (Å²) in [6.07, 6.45) is 2.58. The molecular weight excluding hydrogens is 266 g/mol. The van der Waals surface area contributed by atoms with Crippen LogP contribution in [-0.2, 0) is 0 Å². The van der Waals surface area contributed by atoms with Crippen molar-refractivity contribution in [2.24, 2.45) is 0 Å². The van der Waals surface area contributed by atoms with Crippen molar-refractivity contribution in [2.45, 2.75) is 12.8 Å². The molecule has 2 heterocycles. The molecule has 3 N–H and O–H groups in total. The van der Waals surface area contributed by atoms with Crippen LogP contribution < -0.4 is 15.4 Å². The van der Waals surface area contributed by atoms with Crippen molar-refractivity contribution in [3.05, 3.63) is 18.2 Å². The van der Waals surface area contributed by atoms with E-state index in [4.69, 9.17) is 10.5 Å². The Morgan fingerprint density at radius 2 is 2.05 bits per heavy atom. The van der Waals surface area contributed by atoms with E-state index in [-0.39, 0.29) is 6.61 Å². The van der Waals surface area contributed by atoms with Gasteiger partial charge in [0.05, 0.1) is 45.0 Å². The Morgan fingerprint density at radius 3 is 2.81 bits per heavy atom.